The summed E-state index contributed by atoms with van der Waals surface area (Å²) >= 11 is 0. The number of rotatable bonds is 13. The highest BCUT2D eigenvalue weighted by molar-refractivity contribution is 7.87. The molecule has 28 heteroatoms. The van der Waals surface area contributed by atoms with Crippen molar-refractivity contribution in [1.29, 1.82) is 0 Å². The van der Waals surface area contributed by atoms with E-state index in [0.29, 0.717) is 22.9 Å². The maximum Gasteiger partial charge on any atom is 0.339 e. The number of azo groups is 3. The van der Waals surface area contributed by atoms with Gasteiger partial charge in [0.1, 0.15) is 26.2 Å². The van der Waals surface area contributed by atoms with Gasteiger partial charge in [-0.15, -0.1) is 30.7 Å². The van der Waals surface area contributed by atoms with Crippen molar-refractivity contribution in [1.82, 2.24) is 0 Å². The van der Waals surface area contributed by atoms with Crippen LogP contribution in [-0.2, 0) is 50.6 Å². The van der Waals surface area contributed by atoms with Crippen LogP contribution in [0.3, 0.4) is 0 Å². The third-order valence-corrected chi connectivity index (χ3v) is 16.0. The molecule has 0 fully saturated rings. The van der Waals surface area contributed by atoms with Gasteiger partial charge in [0.05, 0.1) is 54.7 Å². The summed E-state index contributed by atoms with van der Waals surface area (Å²) in [6.07, 6.45) is 0. The van der Waals surface area contributed by atoms with Gasteiger partial charge in [-0.3, -0.25) is 18.2 Å². The van der Waals surface area contributed by atoms with Crippen molar-refractivity contribution in [3.05, 3.63) is 145 Å². The van der Waals surface area contributed by atoms with Crippen LogP contribution in [0.4, 0.5) is 34.1 Å². The summed E-state index contributed by atoms with van der Waals surface area (Å²) in [5.41, 5.74) is 0.184. The highest BCUT2D eigenvalue weighted by atomic mass is 32.2. The second kappa shape index (κ2) is 18.9. The molecule has 382 valence electrons. The second-order valence-corrected chi connectivity index (χ2v) is 23.4. The van der Waals surface area contributed by atoms with E-state index in [0.717, 1.165) is 35.9 Å². The van der Waals surface area contributed by atoms with Crippen LogP contribution in [0.15, 0.2) is 195 Å². The number of hydrogen-bond donors (Lipinski definition) is 6. The topological polar surface area (TPSA) is 375 Å². The fraction of sp³-hybridized carbons (Fsp3) is 0.0213. The standard InChI is InChI=1S/C47H32N6O17S5/c1-25-8-10-27(11-9-25)75(68,69)70-41-7-3-5-26-4-2-6-39(44(26)41)52-49-36-18-19-37(33-22-28(71(56,57)58)13-15-31(33)36)50-48-35-17-20-38(34-23-29(72(59,60)61)12-14-30(34)35)51-53-40-24-43(74(65,66)67)46(54)32-16-21-42(73(62,63)64)47(55)45(32)40/h2-24,54-55H,1H3,(H,56,57,58)(H,59,60,61)(H,62,63,64)(H,65,66,67). The average molecular weight is 1110 g/mol. The summed E-state index contributed by atoms with van der Waals surface area (Å²) in [6, 6.07) is 29.7. The van der Waals surface area contributed by atoms with Crippen molar-refractivity contribution < 1.29 is 74.7 Å². The van der Waals surface area contributed by atoms with Crippen LogP contribution in [-0.4, -0.2) is 70.5 Å². The van der Waals surface area contributed by atoms with Crippen molar-refractivity contribution >= 4 is 128 Å². The van der Waals surface area contributed by atoms with E-state index in [2.05, 4.69) is 30.7 Å². The molecule has 0 unspecified atom stereocenters. The first-order valence-electron chi connectivity index (χ1n) is 21.0. The molecule has 0 saturated heterocycles. The summed E-state index contributed by atoms with van der Waals surface area (Å²) < 4.78 is 170. The van der Waals surface area contributed by atoms with E-state index in [1.54, 1.807) is 49.4 Å². The molecule has 9 rings (SSSR count). The van der Waals surface area contributed by atoms with Crippen LogP contribution in [0.25, 0.3) is 43.1 Å². The van der Waals surface area contributed by atoms with Crippen molar-refractivity contribution in [2.75, 3.05) is 0 Å². The fourth-order valence-corrected chi connectivity index (χ4v) is 11.0. The minimum Gasteiger partial charge on any atom is -0.506 e. The van der Waals surface area contributed by atoms with E-state index in [4.69, 9.17) is 4.18 Å². The molecule has 6 N–H and O–H groups in total. The Kier molecular flexibility index (Phi) is 13.1. The van der Waals surface area contributed by atoms with Gasteiger partial charge in [-0.25, -0.2) is 0 Å². The molecule has 9 aromatic carbocycles. The normalized spacial score (nSPS) is 13.1. The minimum atomic E-state index is -5.23. The van der Waals surface area contributed by atoms with Crippen molar-refractivity contribution in [2.24, 2.45) is 30.7 Å². The maximum atomic E-state index is 13.3. The first-order valence-corrected chi connectivity index (χ1v) is 28.2. The molecule has 0 aliphatic rings. The van der Waals surface area contributed by atoms with E-state index in [1.807, 2.05) is 0 Å². The maximum absolute atomic E-state index is 13.3. The van der Waals surface area contributed by atoms with Gasteiger partial charge in [0.15, 0.2) is 5.75 Å². The molecule has 0 aliphatic heterocycles. The van der Waals surface area contributed by atoms with E-state index < -0.39 is 98.1 Å². The molecule has 0 aliphatic carbocycles. The molecule has 0 saturated carbocycles. The Bertz CT molecular complexity index is 4610. The quantitative estimate of drug-likeness (QED) is 0.0355. The third kappa shape index (κ3) is 10.4. The molecule has 75 heavy (non-hydrogen) atoms. The van der Waals surface area contributed by atoms with Gasteiger partial charge in [-0.2, -0.15) is 42.1 Å². The smallest absolute Gasteiger partial charge is 0.339 e. The molecule has 0 heterocycles. The Morgan fingerprint density at radius 3 is 1.31 bits per heavy atom. The third-order valence-electron chi connectivity index (χ3n) is 11.3. The second-order valence-electron chi connectivity index (χ2n) is 16.2. The summed E-state index contributed by atoms with van der Waals surface area (Å²) in [7, 11) is -24.4. The van der Waals surface area contributed by atoms with Gasteiger partial charge in [0, 0.05) is 26.9 Å². The van der Waals surface area contributed by atoms with Crippen molar-refractivity contribution in [2.45, 2.75) is 31.4 Å². The first kappa shape index (κ1) is 51.7. The summed E-state index contributed by atoms with van der Waals surface area (Å²) in [5, 5.41) is 47.0. The summed E-state index contributed by atoms with van der Waals surface area (Å²) in [5.74, 6) is -2.39. The van der Waals surface area contributed by atoms with E-state index >= 15 is 0 Å². The number of aromatic hydroxyl groups is 2. The van der Waals surface area contributed by atoms with E-state index in [1.165, 1.54) is 54.6 Å². The summed E-state index contributed by atoms with van der Waals surface area (Å²) in [4.78, 5) is -3.52. The number of hydrogen-bond acceptors (Lipinski definition) is 19. The molecule has 9 aromatic rings. The molecule has 0 spiro atoms. The number of fused-ring (bicyclic) bond motifs is 4. The molecule has 23 nitrogen and oxygen atoms in total. The Morgan fingerprint density at radius 2 is 0.813 bits per heavy atom. The van der Waals surface area contributed by atoms with Gasteiger partial charge in [-0.05, 0) is 103 Å². The Balaban J connectivity index is 1.14. The highest BCUT2D eigenvalue weighted by Crippen LogP contribution is 2.47. The largest absolute Gasteiger partial charge is 0.506 e. The van der Waals surface area contributed by atoms with Crippen LogP contribution in [0.2, 0.25) is 0 Å². The van der Waals surface area contributed by atoms with Gasteiger partial charge in [-0.1, -0.05) is 54.1 Å². The monoisotopic (exact) mass is 1110 g/mol. The summed E-state index contributed by atoms with van der Waals surface area (Å²) in [6.45, 7) is 1.80. The Morgan fingerprint density at radius 1 is 0.373 bits per heavy atom. The number of aryl methyl sites for hydroxylation is 1. The van der Waals surface area contributed by atoms with Crippen LogP contribution in [0, 0.1) is 6.92 Å². The van der Waals surface area contributed by atoms with Gasteiger partial charge in [0.25, 0.3) is 40.5 Å². The lowest BCUT2D eigenvalue weighted by molar-refractivity contribution is 0.441. The number of benzene rings is 9. The molecule has 0 atom stereocenters. The lowest BCUT2D eigenvalue weighted by Gasteiger charge is -2.12. The lowest BCUT2D eigenvalue weighted by atomic mass is 10.1. The van der Waals surface area contributed by atoms with Crippen molar-refractivity contribution in [3.8, 4) is 17.2 Å². The van der Waals surface area contributed by atoms with Crippen LogP contribution in [0.5, 0.6) is 17.2 Å². The molecular formula is C47H32N6O17S5. The molecule has 0 aromatic heterocycles. The SMILES string of the molecule is Cc1ccc(S(=O)(=O)Oc2cccc3cccc(N=Nc4ccc(N=Nc5ccc(N=Nc6cc(S(=O)(=O)O)c(O)c7ccc(S(=O)(=O)O)c(O)c67)c6cc(S(=O)(=O)O)ccc56)c5cc(S(=O)(=O)O)ccc45)c23)cc1. The zero-order valence-electron chi connectivity index (χ0n) is 37.7. The zero-order chi connectivity index (χ0) is 54.0. The fourth-order valence-electron chi connectivity index (χ4n) is 7.81. The van der Waals surface area contributed by atoms with Gasteiger partial charge in [0.2, 0.25) is 0 Å². The Labute approximate surface area is 424 Å². The Hall–Kier alpha value is -8.19. The average Bonchev–Trinajstić information content (AvgIpc) is 3.34. The van der Waals surface area contributed by atoms with Gasteiger partial charge < -0.3 is 14.4 Å². The van der Waals surface area contributed by atoms with E-state index in [-0.39, 0.29) is 60.6 Å². The van der Waals surface area contributed by atoms with E-state index in [9.17, 15) is 70.5 Å². The predicted octanol–water partition coefficient (Wildman–Crippen LogP) is 11.0. The van der Waals surface area contributed by atoms with Crippen LogP contribution < -0.4 is 4.18 Å². The molecule has 0 bridgehead atoms. The molecule has 0 amide bonds. The van der Waals surface area contributed by atoms with Crippen LogP contribution >= 0.6 is 0 Å². The number of phenolic OH excluding ortho intramolecular Hbond substituents is 2. The van der Waals surface area contributed by atoms with Crippen molar-refractivity contribution in [3.63, 3.8) is 0 Å². The lowest BCUT2D eigenvalue weighted by Crippen LogP contribution is -2.10. The zero-order valence-corrected chi connectivity index (χ0v) is 41.8. The van der Waals surface area contributed by atoms with Crippen LogP contribution in [0.1, 0.15) is 5.56 Å². The van der Waals surface area contributed by atoms with Gasteiger partial charge >= 0.3 is 10.1 Å². The first-order chi connectivity index (χ1) is 35.2. The highest BCUT2D eigenvalue weighted by Gasteiger charge is 2.27. The number of nitrogens with zero attached hydrogens (tertiary/aromatic N) is 6. The number of phenols is 2. The predicted molar refractivity (Wildman–Crippen MR) is 270 cm³/mol. The molecular weight excluding hydrogens is 1080 g/mol. The molecule has 0 radical (unpaired) electrons. The minimum absolute atomic E-state index is 0.0130.